The molecule has 4 aliphatic rings. The summed E-state index contributed by atoms with van der Waals surface area (Å²) in [4.78, 5) is 12.5. The molecule has 0 N–H and O–H groups in total. The van der Waals surface area contributed by atoms with E-state index in [-0.39, 0.29) is 12.1 Å². The molecule has 3 saturated carbocycles. The Labute approximate surface area is 218 Å². The van der Waals surface area contributed by atoms with Crippen LogP contribution in [0, 0.1) is 46.3 Å². The highest BCUT2D eigenvalue weighted by Crippen LogP contribution is 2.67. The first kappa shape index (κ1) is 26.7. The van der Waals surface area contributed by atoms with E-state index in [2.05, 4.69) is 56.6 Å². The van der Waals surface area contributed by atoms with Crippen molar-refractivity contribution in [2.75, 3.05) is 0 Å². The number of ether oxygens (including phenoxy) is 1. The van der Waals surface area contributed by atoms with Gasteiger partial charge in [0.05, 0.1) is 0 Å². The number of carbonyl (C=O) groups is 1. The van der Waals surface area contributed by atoms with Crippen molar-refractivity contribution in [1.29, 1.82) is 0 Å². The van der Waals surface area contributed by atoms with Gasteiger partial charge in [0.1, 0.15) is 10.4 Å². The van der Waals surface area contributed by atoms with Crippen molar-refractivity contribution in [3.05, 3.63) is 11.6 Å². The predicted molar refractivity (Wildman–Crippen MR) is 146 cm³/mol. The second-order valence-electron chi connectivity index (χ2n) is 14.0. The van der Waals surface area contributed by atoms with E-state index in [1.807, 2.05) is 13.8 Å². The van der Waals surface area contributed by atoms with Gasteiger partial charge in [-0.05, 0) is 105 Å². The van der Waals surface area contributed by atoms with Crippen LogP contribution < -0.4 is 0 Å². The van der Waals surface area contributed by atoms with Crippen LogP contribution in [0.5, 0.6) is 0 Å². The van der Waals surface area contributed by atoms with Crippen LogP contribution >= 0.6 is 15.9 Å². The molecule has 0 amide bonds. The van der Waals surface area contributed by atoms with Crippen LogP contribution in [0.3, 0.4) is 0 Å². The Hall–Kier alpha value is -0.310. The fourth-order valence-corrected chi connectivity index (χ4v) is 9.14. The fraction of sp³-hybridized carbons (Fsp3) is 0.903. The number of halogens is 1. The molecule has 8 atom stereocenters. The monoisotopic (exact) mass is 534 g/mol. The van der Waals surface area contributed by atoms with Crippen molar-refractivity contribution in [2.45, 2.75) is 130 Å². The van der Waals surface area contributed by atoms with Crippen molar-refractivity contribution in [2.24, 2.45) is 46.3 Å². The van der Waals surface area contributed by atoms with Crippen LogP contribution in [-0.2, 0) is 9.53 Å². The third-order valence-electron chi connectivity index (χ3n) is 11.0. The minimum absolute atomic E-state index is 0.0524. The molecule has 0 aromatic heterocycles. The molecule has 0 aliphatic heterocycles. The molecule has 3 heteroatoms. The molecular weight excluding hydrogens is 484 g/mol. The van der Waals surface area contributed by atoms with Crippen molar-refractivity contribution in [3.8, 4) is 0 Å². The summed E-state index contributed by atoms with van der Waals surface area (Å²) >= 11 is 3.47. The minimum Gasteiger partial charge on any atom is -0.461 e. The second-order valence-corrected chi connectivity index (χ2v) is 16.0. The Balaban J connectivity index is 1.44. The lowest BCUT2D eigenvalue weighted by molar-refractivity contribution is -0.153. The highest BCUT2D eigenvalue weighted by atomic mass is 79.9. The molecule has 8 unspecified atom stereocenters. The van der Waals surface area contributed by atoms with E-state index < -0.39 is 4.32 Å². The van der Waals surface area contributed by atoms with Gasteiger partial charge in [-0.15, -0.1) is 0 Å². The molecule has 0 radical (unpaired) electrons. The maximum atomic E-state index is 12.5. The van der Waals surface area contributed by atoms with Gasteiger partial charge in [0.15, 0.2) is 0 Å². The van der Waals surface area contributed by atoms with E-state index in [0.717, 1.165) is 48.3 Å². The molecule has 0 aromatic rings. The summed E-state index contributed by atoms with van der Waals surface area (Å²) < 4.78 is 5.33. The van der Waals surface area contributed by atoms with Gasteiger partial charge in [-0.1, -0.05) is 81.5 Å². The smallest absolute Gasteiger partial charge is 0.322 e. The SMILES string of the molecule is CC(C)CCCC(C)C1CCC2C3CC=C4CC(OC(=O)C(C)(C)Br)CCC4(C)C3CCC12C. The van der Waals surface area contributed by atoms with E-state index in [1.54, 1.807) is 5.57 Å². The second kappa shape index (κ2) is 9.86. The Bertz CT molecular complexity index is 779. The molecule has 0 aromatic carbocycles. The first-order chi connectivity index (χ1) is 15.9. The number of esters is 1. The van der Waals surface area contributed by atoms with Gasteiger partial charge in [-0.25, -0.2) is 0 Å². The summed E-state index contributed by atoms with van der Waals surface area (Å²) in [6.07, 6.45) is 17.0. The molecule has 0 heterocycles. The molecule has 0 spiro atoms. The summed E-state index contributed by atoms with van der Waals surface area (Å²) in [6.45, 7) is 16.3. The number of hydrogen-bond donors (Lipinski definition) is 0. The molecule has 4 rings (SSSR count). The number of rotatable bonds is 7. The van der Waals surface area contributed by atoms with Gasteiger partial charge in [0.25, 0.3) is 0 Å². The third kappa shape index (κ3) is 4.95. The van der Waals surface area contributed by atoms with E-state index in [9.17, 15) is 4.79 Å². The van der Waals surface area contributed by atoms with E-state index in [1.165, 1.54) is 57.8 Å². The maximum absolute atomic E-state index is 12.5. The lowest BCUT2D eigenvalue weighted by atomic mass is 9.47. The average Bonchev–Trinajstić information content (AvgIpc) is 3.10. The molecule has 4 aliphatic carbocycles. The number of carbonyl (C=O) groups excluding carboxylic acids is 1. The van der Waals surface area contributed by atoms with Gasteiger partial charge in [0, 0.05) is 6.42 Å². The highest BCUT2D eigenvalue weighted by molar-refractivity contribution is 9.10. The molecule has 194 valence electrons. The number of hydrogen-bond acceptors (Lipinski definition) is 2. The Kier molecular flexibility index (Phi) is 7.76. The summed E-state index contributed by atoms with van der Waals surface area (Å²) in [5, 5.41) is 0. The predicted octanol–water partition coefficient (Wildman–Crippen LogP) is 9.11. The van der Waals surface area contributed by atoms with Gasteiger partial charge < -0.3 is 4.74 Å². The summed E-state index contributed by atoms with van der Waals surface area (Å²) in [6, 6.07) is 0. The van der Waals surface area contributed by atoms with Crippen LogP contribution in [0.4, 0.5) is 0 Å². The lowest BCUT2D eigenvalue weighted by Crippen LogP contribution is -2.51. The molecule has 0 saturated heterocycles. The zero-order chi connectivity index (χ0) is 24.9. The van der Waals surface area contributed by atoms with E-state index in [4.69, 9.17) is 4.74 Å². The van der Waals surface area contributed by atoms with Gasteiger partial charge in [0.2, 0.25) is 0 Å². The van der Waals surface area contributed by atoms with Crippen LogP contribution in [0.15, 0.2) is 11.6 Å². The van der Waals surface area contributed by atoms with E-state index in [0.29, 0.717) is 10.8 Å². The summed E-state index contributed by atoms with van der Waals surface area (Å²) in [7, 11) is 0. The van der Waals surface area contributed by atoms with Crippen LogP contribution in [-0.4, -0.2) is 16.4 Å². The molecular formula is C31H51BrO2. The summed E-state index contributed by atoms with van der Waals surface area (Å²) in [5.74, 6) is 5.10. The average molecular weight is 536 g/mol. The molecule has 3 fully saturated rings. The zero-order valence-corrected chi connectivity index (χ0v) is 24.7. The van der Waals surface area contributed by atoms with Crippen molar-refractivity contribution in [1.82, 2.24) is 0 Å². The van der Waals surface area contributed by atoms with Crippen molar-refractivity contribution < 1.29 is 9.53 Å². The van der Waals surface area contributed by atoms with Crippen molar-refractivity contribution >= 4 is 21.9 Å². The maximum Gasteiger partial charge on any atom is 0.322 e. The topological polar surface area (TPSA) is 26.3 Å². The van der Waals surface area contributed by atoms with Crippen LogP contribution in [0.2, 0.25) is 0 Å². The largest absolute Gasteiger partial charge is 0.461 e. The fourth-order valence-electron chi connectivity index (χ4n) is 9.04. The quantitative estimate of drug-likeness (QED) is 0.185. The molecule has 2 nitrogen and oxygen atoms in total. The Morgan fingerprint density at radius 3 is 2.50 bits per heavy atom. The lowest BCUT2D eigenvalue weighted by Gasteiger charge is -2.58. The standard InChI is InChI=1S/C31H51BrO2/c1-20(2)9-8-10-21(3)25-13-14-26-24-12-11-22-19-23(34-28(33)29(4,5)32)15-17-30(22,6)27(24)16-18-31(25,26)7/h11,20-21,23-27H,8-10,12-19H2,1-7H3. The van der Waals surface area contributed by atoms with Crippen molar-refractivity contribution in [3.63, 3.8) is 0 Å². The molecule has 34 heavy (non-hydrogen) atoms. The number of alkyl halides is 1. The third-order valence-corrected chi connectivity index (χ3v) is 11.3. The number of allylic oxidation sites excluding steroid dienone is 1. The van der Waals surface area contributed by atoms with E-state index >= 15 is 0 Å². The first-order valence-corrected chi connectivity index (χ1v) is 15.2. The number of fused-ring (bicyclic) bond motifs is 5. The normalized spacial score (nSPS) is 40.7. The van der Waals surface area contributed by atoms with Crippen LogP contribution in [0.1, 0.15) is 119 Å². The Morgan fingerprint density at radius 2 is 1.82 bits per heavy atom. The minimum atomic E-state index is -0.599. The Morgan fingerprint density at radius 1 is 1.09 bits per heavy atom. The van der Waals surface area contributed by atoms with Gasteiger partial charge >= 0.3 is 5.97 Å². The highest BCUT2D eigenvalue weighted by Gasteiger charge is 2.59. The van der Waals surface area contributed by atoms with Gasteiger partial charge in [-0.3, -0.25) is 4.79 Å². The zero-order valence-electron chi connectivity index (χ0n) is 23.1. The molecule has 0 bridgehead atoms. The van der Waals surface area contributed by atoms with Crippen LogP contribution in [0.25, 0.3) is 0 Å². The van der Waals surface area contributed by atoms with Gasteiger partial charge in [-0.2, -0.15) is 0 Å². The first-order valence-electron chi connectivity index (χ1n) is 14.5. The summed E-state index contributed by atoms with van der Waals surface area (Å²) in [5.41, 5.74) is 2.47.